The van der Waals surface area contributed by atoms with Gasteiger partial charge in [0.2, 0.25) is 11.8 Å². The minimum atomic E-state index is -4.73. The third-order valence-electron chi connectivity index (χ3n) is 11.4. The van der Waals surface area contributed by atoms with Crippen LogP contribution < -0.4 is 16.3 Å². The summed E-state index contributed by atoms with van der Waals surface area (Å²) in [7, 11) is 1.49. The highest BCUT2D eigenvalue weighted by molar-refractivity contribution is 6.03. The van der Waals surface area contributed by atoms with Crippen LogP contribution >= 0.6 is 0 Å². The van der Waals surface area contributed by atoms with Gasteiger partial charge in [-0.25, -0.2) is 18.6 Å². The molecule has 0 spiro atoms. The largest absolute Gasteiger partial charge is 0.434 e. The van der Waals surface area contributed by atoms with Crippen LogP contribution in [0.3, 0.4) is 0 Å². The normalized spacial score (nSPS) is 23.8. The SMILES string of the molecule is Cn1c(=O)n(C2CCC(=O)NC2=O)c2ccc(F)c([C@@H]3CCN(CC4CCC(n5cc6cc(NC(=O)c7cncc(C(F)(F)F)n7)ccc6n5)CC4)C[C@H]3F)c21. The van der Waals surface area contributed by atoms with Crippen LogP contribution in [0.25, 0.3) is 21.9 Å². The molecule has 1 saturated carbocycles. The van der Waals surface area contributed by atoms with Crippen molar-refractivity contribution in [3.63, 3.8) is 0 Å². The van der Waals surface area contributed by atoms with Gasteiger partial charge in [0.15, 0.2) is 5.69 Å². The van der Waals surface area contributed by atoms with Gasteiger partial charge in [-0.15, -0.1) is 0 Å². The zero-order valence-corrected chi connectivity index (χ0v) is 30.2. The molecule has 18 heteroatoms. The molecule has 0 radical (unpaired) electrons. The maximum Gasteiger partial charge on any atom is 0.434 e. The number of hydrogen-bond donors (Lipinski definition) is 2. The van der Waals surface area contributed by atoms with E-state index in [1.54, 1.807) is 18.2 Å². The van der Waals surface area contributed by atoms with Crippen molar-refractivity contribution in [3.8, 4) is 0 Å². The number of aryl methyl sites for hydroxylation is 1. The lowest BCUT2D eigenvalue weighted by molar-refractivity contribution is -0.141. The average Bonchev–Trinajstić information content (AvgIpc) is 3.70. The summed E-state index contributed by atoms with van der Waals surface area (Å²) in [6, 6.07) is 6.88. The van der Waals surface area contributed by atoms with Crippen LogP contribution in [0.1, 0.15) is 84.7 Å². The summed E-state index contributed by atoms with van der Waals surface area (Å²) >= 11 is 0. The van der Waals surface area contributed by atoms with E-state index in [0.717, 1.165) is 37.3 Å². The van der Waals surface area contributed by atoms with Gasteiger partial charge >= 0.3 is 11.9 Å². The molecule has 0 bridgehead atoms. The van der Waals surface area contributed by atoms with E-state index in [9.17, 15) is 32.3 Å². The lowest BCUT2D eigenvalue weighted by atomic mass is 9.83. The van der Waals surface area contributed by atoms with Gasteiger partial charge in [0, 0.05) is 55.3 Å². The number of anilines is 1. The van der Waals surface area contributed by atoms with Gasteiger partial charge in [-0.1, -0.05) is 0 Å². The number of rotatable bonds is 7. The number of likely N-dealkylation sites (tertiary alicyclic amines) is 1. The highest BCUT2D eigenvalue weighted by Gasteiger charge is 2.38. The lowest BCUT2D eigenvalue weighted by Gasteiger charge is -2.38. The monoisotopic (exact) mass is 779 g/mol. The first-order valence-electron chi connectivity index (χ1n) is 18.5. The third-order valence-corrected chi connectivity index (χ3v) is 11.4. The number of imidazole rings is 1. The van der Waals surface area contributed by atoms with Crippen molar-refractivity contribution in [1.29, 1.82) is 0 Å². The first-order valence-corrected chi connectivity index (χ1v) is 18.5. The highest BCUT2D eigenvalue weighted by Crippen LogP contribution is 2.39. The Morgan fingerprint density at radius 3 is 2.54 bits per heavy atom. The van der Waals surface area contributed by atoms with Crippen molar-refractivity contribution in [2.24, 2.45) is 13.0 Å². The van der Waals surface area contributed by atoms with Gasteiger partial charge in [0.25, 0.3) is 5.91 Å². The predicted molar refractivity (Wildman–Crippen MR) is 193 cm³/mol. The smallest absolute Gasteiger partial charge is 0.321 e. The Bertz CT molecular complexity index is 2420. The third kappa shape index (κ3) is 7.05. The van der Waals surface area contributed by atoms with Crippen LogP contribution in [0, 0.1) is 11.7 Å². The van der Waals surface area contributed by atoms with Gasteiger partial charge in [-0.2, -0.15) is 18.3 Å². The lowest BCUT2D eigenvalue weighted by Crippen LogP contribution is -2.44. The second-order valence-corrected chi connectivity index (χ2v) is 15.0. The number of imide groups is 1. The number of fused-ring (bicyclic) bond motifs is 2. The molecule has 8 rings (SSSR count). The molecule has 5 aromatic rings. The zero-order chi connectivity index (χ0) is 39.5. The fourth-order valence-corrected chi connectivity index (χ4v) is 8.59. The standard InChI is InChI=1S/C38H38F5N9O4/c1-49-34-29(52(37(49)56)30-10-11-32(53)47-36(30)55)9-7-25(39)33(34)24-12-13-50(19-26(24)40)17-20-2-5-23(6-3-20)51-18-21-14-22(4-8-27(21)48-51)45-35(54)28-15-44-16-31(46-28)38(41,42)43/h4,7-9,14-16,18,20,23-24,26,30H,2-3,5-6,10-13,17,19H2,1H3,(H,45,54)(H,47,53,55)/t20?,23?,24-,26-,30?/m1/s1. The molecule has 2 aromatic carbocycles. The Hall–Kier alpha value is -5.52. The molecular formula is C38H38F5N9O4. The molecule has 3 aliphatic rings. The number of carbonyl (C=O) groups excluding carboxylic acids is 3. The fourth-order valence-electron chi connectivity index (χ4n) is 8.59. The molecule has 13 nitrogen and oxygen atoms in total. The van der Waals surface area contributed by atoms with Crippen molar-refractivity contribution < 1.29 is 36.3 Å². The molecule has 3 atom stereocenters. The van der Waals surface area contributed by atoms with Crippen LogP contribution in [0.15, 0.2) is 53.7 Å². The van der Waals surface area contributed by atoms with E-state index in [0.29, 0.717) is 48.3 Å². The number of alkyl halides is 4. The summed E-state index contributed by atoms with van der Waals surface area (Å²) in [5.74, 6) is -2.91. The van der Waals surface area contributed by atoms with Crippen LogP contribution in [-0.2, 0) is 22.8 Å². The maximum absolute atomic E-state index is 16.1. The highest BCUT2D eigenvalue weighted by atomic mass is 19.4. The Morgan fingerprint density at radius 1 is 1.02 bits per heavy atom. The molecule has 3 fully saturated rings. The quantitative estimate of drug-likeness (QED) is 0.164. The number of aromatic nitrogens is 6. The molecule has 3 amide bonds. The van der Waals surface area contributed by atoms with Crippen LogP contribution in [0.2, 0.25) is 0 Å². The van der Waals surface area contributed by atoms with E-state index in [1.165, 1.54) is 28.3 Å². The van der Waals surface area contributed by atoms with Gasteiger partial charge in [0.1, 0.15) is 23.7 Å². The molecule has 2 saturated heterocycles. The van der Waals surface area contributed by atoms with E-state index in [-0.39, 0.29) is 36.5 Å². The van der Waals surface area contributed by atoms with Crippen molar-refractivity contribution in [3.05, 3.63) is 82.2 Å². The van der Waals surface area contributed by atoms with E-state index in [1.807, 2.05) is 10.9 Å². The number of nitrogens with one attached hydrogen (secondary N) is 2. The number of piperidine rings is 2. The second-order valence-electron chi connectivity index (χ2n) is 15.0. The van der Waals surface area contributed by atoms with E-state index >= 15 is 8.78 Å². The summed E-state index contributed by atoms with van der Waals surface area (Å²) < 4.78 is 75.2. The number of nitrogens with zero attached hydrogens (tertiary/aromatic N) is 7. The molecule has 1 unspecified atom stereocenters. The Balaban J connectivity index is 0.885. The van der Waals surface area contributed by atoms with Gasteiger partial charge in [-0.05, 0) is 81.3 Å². The van der Waals surface area contributed by atoms with Crippen LogP contribution in [0.5, 0.6) is 0 Å². The minimum Gasteiger partial charge on any atom is -0.321 e. The topological polar surface area (TPSA) is 149 Å². The van der Waals surface area contributed by atoms with Crippen LogP contribution in [0.4, 0.5) is 27.6 Å². The average molecular weight is 780 g/mol. The number of amides is 3. The summed E-state index contributed by atoms with van der Waals surface area (Å²) in [6.07, 6.45) is 1.31. The summed E-state index contributed by atoms with van der Waals surface area (Å²) in [4.78, 5) is 59.4. The van der Waals surface area contributed by atoms with Gasteiger partial charge < -0.3 is 10.2 Å². The molecule has 5 heterocycles. The fraction of sp³-hybridized carbons (Fsp3) is 0.447. The predicted octanol–water partition coefficient (Wildman–Crippen LogP) is 5.43. The van der Waals surface area contributed by atoms with Crippen molar-refractivity contribution >= 4 is 45.3 Å². The number of benzene rings is 2. The number of hydrogen-bond acceptors (Lipinski definition) is 8. The number of halogens is 5. The minimum absolute atomic E-state index is 0.0690. The van der Waals surface area contributed by atoms with Crippen molar-refractivity contribution in [1.82, 2.24) is 39.1 Å². The summed E-state index contributed by atoms with van der Waals surface area (Å²) in [5.41, 5.74) is -0.465. The van der Waals surface area contributed by atoms with E-state index in [4.69, 9.17) is 5.10 Å². The maximum atomic E-state index is 16.1. The zero-order valence-electron chi connectivity index (χ0n) is 30.2. The van der Waals surface area contributed by atoms with E-state index in [2.05, 4.69) is 25.5 Å². The molecule has 56 heavy (non-hydrogen) atoms. The molecule has 2 aliphatic heterocycles. The first kappa shape index (κ1) is 37.4. The summed E-state index contributed by atoms with van der Waals surface area (Å²) in [5, 5.41) is 10.3. The van der Waals surface area contributed by atoms with Gasteiger partial charge in [-0.3, -0.25) is 38.5 Å². The van der Waals surface area contributed by atoms with Crippen molar-refractivity contribution in [2.45, 2.75) is 75.3 Å². The van der Waals surface area contributed by atoms with Gasteiger partial charge in [0.05, 0.1) is 35.0 Å². The van der Waals surface area contributed by atoms with Crippen LogP contribution in [-0.4, -0.2) is 77.3 Å². The first-order chi connectivity index (χ1) is 26.7. The summed E-state index contributed by atoms with van der Waals surface area (Å²) in [6.45, 7) is 1.36. The van der Waals surface area contributed by atoms with E-state index < -0.39 is 64.9 Å². The molecule has 3 aromatic heterocycles. The molecule has 1 aliphatic carbocycles. The Labute approximate surface area is 315 Å². The number of carbonyl (C=O) groups is 3. The Morgan fingerprint density at radius 2 is 1.80 bits per heavy atom. The Kier molecular flexibility index (Phi) is 9.70. The molecular weight excluding hydrogens is 741 g/mol. The molecule has 2 N–H and O–H groups in total. The second kappa shape index (κ2) is 14.5. The molecule has 294 valence electrons. The van der Waals surface area contributed by atoms with Crippen molar-refractivity contribution in [2.75, 3.05) is 25.0 Å².